The molecule has 3 aromatic rings. The van der Waals surface area contributed by atoms with Crippen molar-refractivity contribution in [1.29, 1.82) is 0 Å². The summed E-state index contributed by atoms with van der Waals surface area (Å²) in [6, 6.07) is 5.35. The highest BCUT2D eigenvalue weighted by atomic mass is 32.1. The molecule has 6 heteroatoms. The van der Waals surface area contributed by atoms with Gasteiger partial charge in [-0.1, -0.05) is 25.2 Å². The van der Waals surface area contributed by atoms with E-state index in [-0.39, 0.29) is 11.5 Å². The normalized spacial score (nSPS) is 11.5. The molecule has 24 heavy (non-hydrogen) atoms. The van der Waals surface area contributed by atoms with Gasteiger partial charge in [-0.25, -0.2) is 4.98 Å². The first-order valence-electron chi connectivity index (χ1n) is 8.08. The Bertz CT molecular complexity index is 985. The number of aryl methyl sites for hydroxylation is 2. The minimum Gasteiger partial charge on any atom is -0.351 e. The molecule has 0 atom stereocenters. The van der Waals surface area contributed by atoms with Gasteiger partial charge in [0.1, 0.15) is 4.88 Å². The van der Waals surface area contributed by atoms with Crippen LogP contribution in [0.4, 0.5) is 0 Å². The van der Waals surface area contributed by atoms with E-state index in [9.17, 15) is 9.59 Å². The zero-order valence-corrected chi connectivity index (χ0v) is 15.2. The fourth-order valence-electron chi connectivity index (χ4n) is 2.57. The van der Waals surface area contributed by atoms with Crippen molar-refractivity contribution in [3.63, 3.8) is 0 Å². The lowest BCUT2D eigenvalue weighted by molar-refractivity contribution is 0.0956. The lowest BCUT2D eigenvalue weighted by atomic mass is 10.1. The Kier molecular flexibility index (Phi) is 4.41. The lowest BCUT2D eigenvalue weighted by Gasteiger charge is -2.06. The predicted molar refractivity (Wildman–Crippen MR) is 98.1 cm³/mol. The number of imidazole rings is 1. The van der Waals surface area contributed by atoms with E-state index < -0.39 is 0 Å². The van der Waals surface area contributed by atoms with Crippen LogP contribution in [0, 0.1) is 19.8 Å². The highest BCUT2D eigenvalue weighted by molar-refractivity contribution is 7.18. The van der Waals surface area contributed by atoms with Crippen LogP contribution in [-0.4, -0.2) is 21.8 Å². The van der Waals surface area contributed by atoms with Crippen molar-refractivity contribution in [3.8, 4) is 0 Å². The van der Waals surface area contributed by atoms with Gasteiger partial charge in [-0.3, -0.25) is 14.0 Å². The molecule has 0 spiro atoms. The fourth-order valence-corrected chi connectivity index (χ4v) is 3.51. The molecule has 0 fully saturated rings. The molecule has 0 aliphatic carbocycles. The van der Waals surface area contributed by atoms with Gasteiger partial charge in [0.2, 0.25) is 0 Å². The van der Waals surface area contributed by atoms with E-state index in [0.29, 0.717) is 22.3 Å². The number of carbonyl (C=O) groups excluding carboxylic acids is 1. The maximum Gasteiger partial charge on any atom is 0.261 e. The Morgan fingerprint density at radius 3 is 2.67 bits per heavy atom. The summed E-state index contributed by atoms with van der Waals surface area (Å²) in [5.41, 5.74) is 3.60. The second kappa shape index (κ2) is 6.36. The molecular weight excluding hydrogens is 322 g/mol. The maximum absolute atomic E-state index is 12.5. The van der Waals surface area contributed by atoms with Crippen molar-refractivity contribution in [1.82, 2.24) is 14.7 Å². The molecule has 3 rings (SSSR count). The van der Waals surface area contributed by atoms with Gasteiger partial charge in [0, 0.05) is 12.6 Å². The van der Waals surface area contributed by atoms with Crippen LogP contribution in [0.25, 0.3) is 16.0 Å². The summed E-state index contributed by atoms with van der Waals surface area (Å²) in [5, 5.41) is 2.87. The molecule has 5 nitrogen and oxygen atoms in total. The number of hydrogen-bond donors (Lipinski definition) is 1. The number of nitrogens with zero attached hydrogens (tertiary/aromatic N) is 2. The smallest absolute Gasteiger partial charge is 0.261 e. The molecule has 0 bridgehead atoms. The van der Waals surface area contributed by atoms with Crippen LogP contribution in [0.3, 0.4) is 0 Å². The highest BCUT2D eigenvalue weighted by Crippen LogP contribution is 2.22. The van der Waals surface area contributed by atoms with Gasteiger partial charge < -0.3 is 5.32 Å². The second-order valence-corrected chi connectivity index (χ2v) is 7.55. The van der Waals surface area contributed by atoms with E-state index in [2.05, 4.69) is 24.1 Å². The van der Waals surface area contributed by atoms with Crippen LogP contribution < -0.4 is 10.9 Å². The van der Waals surface area contributed by atoms with Crippen molar-refractivity contribution in [3.05, 3.63) is 44.6 Å². The number of hydrogen-bond acceptors (Lipinski definition) is 4. The third-order valence-corrected chi connectivity index (χ3v) is 5.13. The zero-order chi connectivity index (χ0) is 17.4. The van der Waals surface area contributed by atoms with E-state index in [4.69, 9.17) is 0 Å². The average molecular weight is 343 g/mol. The van der Waals surface area contributed by atoms with E-state index in [1.54, 1.807) is 4.40 Å². The Labute approximate surface area is 144 Å². The van der Waals surface area contributed by atoms with Crippen LogP contribution in [0.15, 0.2) is 23.0 Å². The predicted octanol–water partition coefficient (Wildman–Crippen LogP) is 3.30. The van der Waals surface area contributed by atoms with Gasteiger partial charge in [0.15, 0.2) is 4.96 Å². The van der Waals surface area contributed by atoms with Crippen molar-refractivity contribution < 1.29 is 4.79 Å². The summed E-state index contributed by atoms with van der Waals surface area (Å²) in [4.78, 5) is 30.3. The molecule has 2 aromatic heterocycles. The topological polar surface area (TPSA) is 63.5 Å². The maximum atomic E-state index is 12.5. The highest BCUT2D eigenvalue weighted by Gasteiger charge is 2.14. The molecular formula is C18H21N3O2S. The van der Waals surface area contributed by atoms with Gasteiger partial charge in [-0.2, -0.15) is 0 Å². The largest absolute Gasteiger partial charge is 0.351 e. The molecule has 0 aliphatic heterocycles. The molecule has 0 saturated carbocycles. The molecule has 0 unspecified atom stereocenters. The second-order valence-electron chi connectivity index (χ2n) is 6.54. The van der Waals surface area contributed by atoms with Crippen LogP contribution in [0.1, 0.15) is 41.1 Å². The number of amides is 1. The minimum absolute atomic E-state index is 0.209. The van der Waals surface area contributed by atoms with E-state index >= 15 is 0 Å². The summed E-state index contributed by atoms with van der Waals surface area (Å²) in [7, 11) is 0. The van der Waals surface area contributed by atoms with Gasteiger partial charge in [0.05, 0.1) is 11.0 Å². The summed E-state index contributed by atoms with van der Waals surface area (Å²) >= 11 is 1.25. The Morgan fingerprint density at radius 1 is 1.25 bits per heavy atom. The quantitative estimate of drug-likeness (QED) is 0.790. The lowest BCUT2D eigenvalue weighted by Crippen LogP contribution is -2.26. The van der Waals surface area contributed by atoms with Crippen molar-refractivity contribution in [2.75, 3.05) is 6.54 Å². The van der Waals surface area contributed by atoms with Gasteiger partial charge in [0.25, 0.3) is 11.5 Å². The van der Waals surface area contributed by atoms with Crippen molar-refractivity contribution in [2.45, 2.75) is 34.1 Å². The first kappa shape index (κ1) is 16.6. The zero-order valence-electron chi connectivity index (χ0n) is 14.3. The number of carbonyl (C=O) groups is 1. The summed E-state index contributed by atoms with van der Waals surface area (Å²) in [6.45, 7) is 8.86. The minimum atomic E-state index is -0.219. The summed E-state index contributed by atoms with van der Waals surface area (Å²) < 4.78 is 1.58. The summed E-state index contributed by atoms with van der Waals surface area (Å²) in [6.07, 6.45) is 0.911. The number of aromatic nitrogens is 2. The van der Waals surface area contributed by atoms with Crippen LogP contribution in [0.5, 0.6) is 0 Å². The molecule has 1 N–H and O–H groups in total. The average Bonchev–Trinajstić information content (AvgIpc) is 2.85. The van der Waals surface area contributed by atoms with Crippen LogP contribution >= 0.6 is 11.3 Å². The monoisotopic (exact) mass is 343 g/mol. The Hall–Kier alpha value is -2.21. The van der Waals surface area contributed by atoms with Gasteiger partial charge >= 0.3 is 0 Å². The van der Waals surface area contributed by atoms with E-state index in [1.807, 2.05) is 26.0 Å². The molecule has 0 saturated heterocycles. The number of nitrogens with one attached hydrogen (secondary N) is 1. The first-order chi connectivity index (χ1) is 11.4. The van der Waals surface area contributed by atoms with Crippen molar-refractivity contribution >= 4 is 33.2 Å². The van der Waals surface area contributed by atoms with Gasteiger partial charge in [-0.05, 0) is 49.4 Å². The Morgan fingerprint density at radius 2 is 1.96 bits per heavy atom. The van der Waals surface area contributed by atoms with E-state index in [1.165, 1.54) is 17.4 Å². The Balaban J connectivity index is 2.03. The van der Waals surface area contributed by atoms with Crippen LogP contribution in [-0.2, 0) is 0 Å². The number of benzene rings is 1. The molecule has 2 heterocycles. The fraction of sp³-hybridized carbons (Fsp3) is 0.389. The molecule has 0 aliphatic rings. The molecule has 1 amide bonds. The first-order valence-corrected chi connectivity index (χ1v) is 8.90. The third kappa shape index (κ3) is 3.06. The molecule has 126 valence electrons. The van der Waals surface area contributed by atoms with Crippen LogP contribution in [0.2, 0.25) is 0 Å². The third-order valence-electron chi connectivity index (χ3n) is 4.15. The van der Waals surface area contributed by atoms with Crippen molar-refractivity contribution in [2.24, 2.45) is 5.92 Å². The van der Waals surface area contributed by atoms with Gasteiger partial charge in [-0.15, -0.1) is 0 Å². The summed E-state index contributed by atoms with van der Waals surface area (Å²) in [5.74, 6) is 0.315. The SMILES string of the molecule is Cc1cc2nc3sc(C(=O)NCCC(C)C)cc(=O)n3c2cc1C. The van der Waals surface area contributed by atoms with E-state index in [0.717, 1.165) is 28.6 Å². The molecule has 1 aromatic carbocycles. The number of fused-ring (bicyclic) bond motifs is 3. The number of rotatable bonds is 4. The molecule has 0 radical (unpaired) electrons. The standard InChI is InChI=1S/C18H21N3O2S/c1-10(2)5-6-19-17(23)15-9-16(22)21-14-8-12(4)11(3)7-13(14)20-18(21)24-15/h7-10H,5-6H2,1-4H3,(H,19,23).